The van der Waals surface area contributed by atoms with Crippen LogP contribution in [0.5, 0.6) is 0 Å². The number of fused-ring (bicyclic) bond motifs is 3. The van der Waals surface area contributed by atoms with E-state index in [-0.39, 0.29) is 93.4 Å². The molecule has 2 aliphatic carbocycles. The maximum absolute atomic E-state index is 15.2. The van der Waals surface area contributed by atoms with Gasteiger partial charge < -0.3 is 111 Å². The fourth-order valence-electron chi connectivity index (χ4n) is 15.7. The molecule has 4 aliphatic heterocycles. The number of aliphatic carboxylic acids is 2. The fraction of sp³-hybridized carbons (Fsp3) is 0.740. The Morgan fingerprint density at radius 3 is 1.52 bits per heavy atom. The maximum Gasteiger partial charge on any atom is 0.305 e. The highest BCUT2D eigenvalue weighted by Gasteiger charge is 2.44. The number of benzene rings is 1. The first-order valence-electron chi connectivity index (χ1n) is 40.4. The van der Waals surface area contributed by atoms with Gasteiger partial charge in [-0.05, 0) is 169 Å². The number of carboxylic acid groups (broad SMARTS) is 2. The van der Waals surface area contributed by atoms with Gasteiger partial charge in [-0.2, -0.15) is 23.5 Å². The number of primary amides is 1. The molecule has 638 valence electrons. The molecule has 3 saturated heterocycles. The minimum Gasteiger partial charge on any atom is -0.481 e. The zero-order chi connectivity index (χ0) is 83.3. The molecule has 5 fully saturated rings. The number of aliphatic hydroxyl groups excluding tert-OH is 3. The summed E-state index contributed by atoms with van der Waals surface area (Å²) in [5, 5.41) is 95.1. The Morgan fingerprint density at radius 1 is 0.535 bits per heavy atom. The number of thioether (sulfide) groups is 2. The summed E-state index contributed by atoms with van der Waals surface area (Å²) in [4.78, 5) is 200. The van der Waals surface area contributed by atoms with Gasteiger partial charge in [-0.25, -0.2) is 0 Å². The van der Waals surface area contributed by atoms with Gasteiger partial charge in [0, 0.05) is 55.1 Å². The van der Waals surface area contributed by atoms with Crippen molar-refractivity contribution in [3.05, 3.63) is 35.4 Å². The average Bonchev–Trinajstić information content (AvgIpc) is 1.59. The first-order valence-corrected chi connectivity index (χ1v) is 42.7. The van der Waals surface area contributed by atoms with Crippen molar-refractivity contribution in [2.45, 2.75) is 291 Å². The summed E-state index contributed by atoms with van der Waals surface area (Å²) in [5.41, 5.74) is 6.63. The normalized spacial score (nSPS) is 31.9. The van der Waals surface area contributed by atoms with Crippen molar-refractivity contribution in [3.8, 4) is 0 Å². The second-order valence-corrected chi connectivity index (χ2v) is 34.7. The number of aliphatic hydroxyl groups is 3. The van der Waals surface area contributed by atoms with E-state index in [1.807, 2.05) is 24.3 Å². The molecule has 114 heavy (non-hydrogen) atoms. The molecule has 2 bridgehead atoms. The number of carboxylic acids is 2. The van der Waals surface area contributed by atoms with E-state index in [9.17, 15) is 78.3 Å². The van der Waals surface area contributed by atoms with Crippen LogP contribution in [0.15, 0.2) is 24.3 Å². The van der Waals surface area contributed by atoms with E-state index in [0.29, 0.717) is 94.9 Å². The van der Waals surface area contributed by atoms with Gasteiger partial charge >= 0.3 is 11.9 Å². The number of carbonyl (C=O) groups excluding carboxylic acids is 12. The fourth-order valence-corrected chi connectivity index (χ4v) is 17.6. The van der Waals surface area contributed by atoms with Crippen LogP contribution in [0.2, 0.25) is 0 Å². The molecule has 0 spiro atoms. The van der Waals surface area contributed by atoms with E-state index < -0.39 is 198 Å². The quantitative estimate of drug-likeness (QED) is 0.0747. The molecule has 37 heteroatoms. The summed E-state index contributed by atoms with van der Waals surface area (Å²) >= 11 is 2.72. The van der Waals surface area contributed by atoms with Gasteiger partial charge in [0.15, 0.2) is 0 Å². The minimum absolute atomic E-state index is 0.0111. The van der Waals surface area contributed by atoms with Crippen LogP contribution in [0.1, 0.15) is 194 Å². The van der Waals surface area contributed by atoms with Gasteiger partial charge in [0.1, 0.15) is 66.5 Å². The number of carbonyl (C=O) groups is 14. The predicted molar refractivity (Wildman–Crippen MR) is 424 cm³/mol. The highest BCUT2D eigenvalue weighted by molar-refractivity contribution is 7.98. The summed E-state index contributed by atoms with van der Waals surface area (Å²) in [6.07, 6.45) is -0.127. The molecule has 16 atom stereocenters. The van der Waals surface area contributed by atoms with Gasteiger partial charge in [0.2, 0.25) is 70.9 Å². The zero-order valence-corrected chi connectivity index (χ0v) is 68.0. The predicted octanol–water partition coefficient (Wildman–Crippen LogP) is -1.53. The van der Waals surface area contributed by atoms with Crippen molar-refractivity contribution >= 4 is 106 Å². The lowest BCUT2D eigenvalue weighted by Crippen LogP contribution is -2.62. The molecular formula is C77H124N16O19S2. The number of rotatable bonds is 19. The molecule has 6 aliphatic rings. The summed E-state index contributed by atoms with van der Waals surface area (Å²) < 4.78 is 0. The van der Waals surface area contributed by atoms with E-state index >= 15 is 14.4 Å². The Hall–Kier alpha value is -7.78. The van der Waals surface area contributed by atoms with Crippen LogP contribution < -0.4 is 85.5 Å². The third-order valence-corrected chi connectivity index (χ3v) is 24.3. The Morgan fingerprint density at radius 2 is 1.02 bits per heavy atom. The van der Waals surface area contributed by atoms with Gasteiger partial charge in [0.05, 0.1) is 30.9 Å². The van der Waals surface area contributed by atoms with Crippen molar-refractivity contribution in [1.29, 1.82) is 0 Å². The Labute approximate surface area is 674 Å². The van der Waals surface area contributed by atoms with Gasteiger partial charge in [0.25, 0.3) is 0 Å². The van der Waals surface area contributed by atoms with Crippen molar-refractivity contribution in [2.75, 3.05) is 37.8 Å². The number of nitrogens with two attached hydrogens (primary N) is 1. The van der Waals surface area contributed by atoms with Crippen molar-refractivity contribution in [3.63, 3.8) is 0 Å². The largest absolute Gasteiger partial charge is 0.481 e. The van der Waals surface area contributed by atoms with Crippen LogP contribution in [0.25, 0.3) is 0 Å². The smallest absolute Gasteiger partial charge is 0.305 e. The summed E-state index contributed by atoms with van der Waals surface area (Å²) in [6.45, 7) is 11.6. The molecule has 4 heterocycles. The molecule has 12 amide bonds. The topological polar surface area (TPSA) is 547 Å². The second kappa shape index (κ2) is 46.2. The molecule has 2 saturated carbocycles. The maximum atomic E-state index is 15.2. The second-order valence-electron chi connectivity index (χ2n) is 32.5. The van der Waals surface area contributed by atoms with Crippen LogP contribution in [-0.2, 0) is 78.6 Å². The molecule has 22 N–H and O–H groups in total. The van der Waals surface area contributed by atoms with Crippen molar-refractivity contribution < 1.29 is 92.7 Å². The Bertz CT molecular complexity index is 3440. The summed E-state index contributed by atoms with van der Waals surface area (Å²) in [5.74, 6) is -13.4. The SMILES string of the molecule is CCC[C@@H]1NC(=O)[C@H](CC2CNC3NCCCC23)NC(=O)[C@@H](CC(=O)O)NC(=O)[C@H](CC2CNCN2)NC(=O)[C@H](CC2CCC(O)CC2)NC(=O)[C@H](C(C)(C)C)NC(=O)CCSCc2cccc(c2)CSC[C@@H](C(N)=O)NC(=O)[C@H]([C@@H](C)O)NC(=O)[C@H](CCC)NC(=O)[C@H](CC2CCC(O)CC2)NC(=O)[C@H](CCC(=O)O)NC1=O. The van der Waals surface area contributed by atoms with Gasteiger partial charge in [-0.15, -0.1) is 0 Å². The lowest BCUT2D eigenvalue weighted by molar-refractivity contribution is -0.142. The number of amides is 12. The Kier molecular flexibility index (Phi) is 37.9. The number of hydrogen-bond donors (Lipinski definition) is 21. The summed E-state index contributed by atoms with van der Waals surface area (Å²) in [7, 11) is 0. The van der Waals surface area contributed by atoms with Gasteiger partial charge in [-0.3, -0.25) is 67.1 Å². The lowest BCUT2D eigenvalue weighted by atomic mass is 9.82. The van der Waals surface area contributed by atoms with Gasteiger partial charge in [-0.1, -0.05) is 71.7 Å². The van der Waals surface area contributed by atoms with Crippen molar-refractivity contribution in [1.82, 2.24) is 79.8 Å². The van der Waals surface area contributed by atoms with Crippen LogP contribution in [-0.4, -0.2) is 243 Å². The van der Waals surface area contributed by atoms with E-state index in [2.05, 4.69) is 79.8 Å². The van der Waals surface area contributed by atoms with E-state index in [1.54, 1.807) is 34.6 Å². The Balaban J connectivity index is 1.23. The third kappa shape index (κ3) is 30.4. The molecule has 1 aromatic carbocycles. The molecule has 0 radical (unpaired) electrons. The van der Waals surface area contributed by atoms with E-state index in [4.69, 9.17) is 5.73 Å². The molecule has 1 aromatic rings. The minimum atomic E-state index is -1.91. The molecule has 4 unspecified atom stereocenters. The summed E-state index contributed by atoms with van der Waals surface area (Å²) in [6, 6.07) is -9.48. The van der Waals surface area contributed by atoms with Crippen LogP contribution in [0.3, 0.4) is 0 Å². The van der Waals surface area contributed by atoms with Crippen LogP contribution >= 0.6 is 23.5 Å². The number of hydrogen-bond acceptors (Lipinski definition) is 23. The first kappa shape index (κ1) is 93.4. The van der Waals surface area contributed by atoms with E-state index in [1.165, 1.54) is 30.4 Å². The molecule has 35 nitrogen and oxygen atoms in total. The first-order chi connectivity index (χ1) is 54.2. The van der Waals surface area contributed by atoms with E-state index in [0.717, 1.165) is 24.0 Å². The highest BCUT2D eigenvalue weighted by atomic mass is 32.2. The molecular weight excluding hydrogens is 1520 g/mol. The zero-order valence-electron chi connectivity index (χ0n) is 66.4. The third-order valence-electron chi connectivity index (χ3n) is 22.1. The average molecular weight is 1640 g/mol. The molecule has 7 rings (SSSR count). The standard InChI is InChI=1S/C77H124N16O19S2/c1-7-11-51-67(103)85-53(24-25-61(98)99)68(104)86-54(30-42-16-20-48(95)21-17-42)70(106)84-52(12-8-2)69(105)93-63(41(3)94)75(111)91-59(65(78)102)39-114-38-45-14-9-13-44(29-45)37-113-28-26-60(97)92-64(77(4,5)6)76(112)90-55(31-43-18-22-49(96)23-19-43)71(107)88-57(33-47-36-79-40-82-47)73(109)89-58(34-62(100)101)74(110)87-56(72(108)83-51)32-46-35-81-66-50(46)15-10-27-80-66/h9,13-14,29,41-43,46-59,63-64,66,79-82,94-96H,7-8,10-12,15-28,30-40H2,1-6H3,(H2,78,102)(H,83,108)(H,84,106)(H,85,103)(H,86,104)(H,87,110)(H,88,107)(H,89,109)(H,90,112)(H,91,111)(H,92,97)(H,93,105)(H,98,99)(H,100,101)/t41-,42?,43?,46?,47?,48?,49?,50?,51+,52+,53+,54+,55+,56+,57+,58-,59+,63+,64-,66?/m1/s1. The highest BCUT2D eigenvalue weighted by Crippen LogP contribution is 2.34. The molecule has 0 aromatic heterocycles. The monoisotopic (exact) mass is 1640 g/mol. The number of nitrogens with one attached hydrogen (secondary N) is 15. The van der Waals surface area contributed by atoms with Crippen LogP contribution in [0.4, 0.5) is 0 Å². The van der Waals surface area contributed by atoms with Crippen LogP contribution in [0, 0.1) is 29.1 Å². The lowest BCUT2D eigenvalue weighted by Gasteiger charge is -2.34. The van der Waals surface area contributed by atoms with Crippen molar-refractivity contribution in [2.24, 2.45) is 34.8 Å². The number of piperidine rings is 1.